The lowest BCUT2D eigenvalue weighted by molar-refractivity contribution is -0.139. The van der Waals surface area contributed by atoms with Crippen LogP contribution in [0.2, 0.25) is 0 Å². The summed E-state index contributed by atoms with van der Waals surface area (Å²) in [5.74, 6) is 0.275. The Morgan fingerprint density at radius 2 is 2.20 bits per heavy atom. The molecule has 1 saturated heterocycles. The van der Waals surface area contributed by atoms with Crippen molar-refractivity contribution in [3.63, 3.8) is 0 Å². The maximum atomic E-state index is 12.0. The normalized spacial score (nSPS) is 25.3. The van der Waals surface area contributed by atoms with Crippen molar-refractivity contribution in [2.75, 3.05) is 6.54 Å². The van der Waals surface area contributed by atoms with Gasteiger partial charge < -0.3 is 10.6 Å². The second kappa shape index (κ2) is 4.97. The van der Waals surface area contributed by atoms with E-state index in [2.05, 4.69) is 20.8 Å². The van der Waals surface area contributed by atoms with Crippen LogP contribution in [0.5, 0.6) is 0 Å². The Kier molecular flexibility index (Phi) is 4.14. The maximum absolute atomic E-state index is 12.0. The van der Waals surface area contributed by atoms with Crippen molar-refractivity contribution in [3.05, 3.63) is 0 Å². The van der Waals surface area contributed by atoms with Crippen LogP contribution in [0.1, 0.15) is 52.9 Å². The van der Waals surface area contributed by atoms with Crippen LogP contribution in [0.25, 0.3) is 0 Å². The first-order valence-corrected chi connectivity index (χ1v) is 6.03. The molecule has 0 aromatic carbocycles. The third kappa shape index (κ3) is 3.20. The van der Waals surface area contributed by atoms with Crippen LogP contribution in [0.15, 0.2) is 0 Å². The third-order valence-electron chi connectivity index (χ3n) is 3.32. The number of nitrogens with zero attached hydrogens (tertiary/aromatic N) is 1. The molecule has 0 saturated carbocycles. The van der Waals surface area contributed by atoms with Gasteiger partial charge in [-0.25, -0.2) is 0 Å². The lowest BCUT2D eigenvalue weighted by atomic mass is 9.88. The summed E-state index contributed by atoms with van der Waals surface area (Å²) < 4.78 is 0. The first-order chi connectivity index (χ1) is 6.97. The molecule has 1 heterocycles. The monoisotopic (exact) mass is 212 g/mol. The molecule has 1 unspecified atom stereocenters. The van der Waals surface area contributed by atoms with Gasteiger partial charge in [-0.1, -0.05) is 13.3 Å². The molecule has 15 heavy (non-hydrogen) atoms. The highest BCUT2D eigenvalue weighted by Crippen LogP contribution is 2.27. The lowest BCUT2D eigenvalue weighted by Gasteiger charge is -2.45. The zero-order valence-electron chi connectivity index (χ0n) is 10.3. The molecule has 3 heteroatoms. The number of amides is 1. The number of unbranched alkanes of at least 4 members (excludes halogenated alkanes) is 1. The summed E-state index contributed by atoms with van der Waals surface area (Å²) in [7, 11) is 0. The van der Waals surface area contributed by atoms with Gasteiger partial charge in [0.25, 0.3) is 0 Å². The molecule has 1 aliphatic heterocycles. The summed E-state index contributed by atoms with van der Waals surface area (Å²) in [6.07, 6.45) is 4.79. The van der Waals surface area contributed by atoms with E-state index in [0.717, 1.165) is 32.2 Å². The average Bonchev–Trinajstić information content (AvgIpc) is 2.18. The van der Waals surface area contributed by atoms with Crippen molar-refractivity contribution in [2.24, 2.45) is 5.73 Å². The predicted molar refractivity (Wildman–Crippen MR) is 62.5 cm³/mol. The van der Waals surface area contributed by atoms with Crippen LogP contribution in [-0.4, -0.2) is 28.9 Å². The highest BCUT2D eigenvalue weighted by molar-refractivity contribution is 5.77. The van der Waals surface area contributed by atoms with Crippen LogP contribution < -0.4 is 5.73 Å². The Morgan fingerprint density at radius 1 is 1.53 bits per heavy atom. The summed E-state index contributed by atoms with van der Waals surface area (Å²) in [6.45, 7) is 7.13. The quantitative estimate of drug-likeness (QED) is 0.776. The van der Waals surface area contributed by atoms with Crippen LogP contribution in [0.3, 0.4) is 0 Å². The lowest BCUT2D eigenvalue weighted by Crippen LogP contribution is -2.56. The fourth-order valence-corrected chi connectivity index (χ4v) is 2.15. The fourth-order valence-electron chi connectivity index (χ4n) is 2.15. The smallest absolute Gasteiger partial charge is 0.223 e. The molecule has 2 N–H and O–H groups in total. The van der Waals surface area contributed by atoms with E-state index in [9.17, 15) is 4.79 Å². The Labute approximate surface area is 93.0 Å². The minimum atomic E-state index is 0.000689. The molecule has 88 valence electrons. The molecule has 3 nitrogen and oxygen atoms in total. The number of hydrogen-bond donors (Lipinski definition) is 1. The van der Waals surface area contributed by atoms with Crippen LogP contribution >= 0.6 is 0 Å². The summed E-state index contributed by atoms with van der Waals surface area (Å²) in [5.41, 5.74) is 5.92. The highest BCUT2D eigenvalue weighted by atomic mass is 16.2. The average molecular weight is 212 g/mol. The number of carbonyl (C=O) groups excluding carboxylic acids is 1. The standard InChI is InChI=1S/C12H24N2O/c1-4-5-6-11(15)14-9-10(13)7-8-12(14,2)3/h10H,4-9,13H2,1-3H3. The molecular weight excluding hydrogens is 188 g/mol. The van der Waals surface area contributed by atoms with E-state index in [4.69, 9.17) is 5.73 Å². The van der Waals surface area contributed by atoms with Crippen molar-refractivity contribution in [2.45, 2.75) is 64.5 Å². The van der Waals surface area contributed by atoms with Gasteiger partial charge in [0.1, 0.15) is 0 Å². The first kappa shape index (κ1) is 12.5. The molecule has 0 aromatic heterocycles. The van der Waals surface area contributed by atoms with Crippen molar-refractivity contribution in [1.29, 1.82) is 0 Å². The van der Waals surface area contributed by atoms with Crippen molar-refractivity contribution in [3.8, 4) is 0 Å². The van der Waals surface area contributed by atoms with E-state index >= 15 is 0 Å². The molecule has 1 fully saturated rings. The van der Waals surface area contributed by atoms with Gasteiger partial charge in [-0.15, -0.1) is 0 Å². The summed E-state index contributed by atoms with van der Waals surface area (Å²) in [6, 6.07) is 0.170. The predicted octanol–water partition coefficient (Wildman–Crippen LogP) is 1.90. The molecule has 1 rings (SSSR count). The Balaban J connectivity index is 2.59. The topological polar surface area (TPSA) is 46.3 Å². The van der Waals surface area contributed by atoms with Crippen LogP contribution in [0, 0.1) is 0 Å². The number of carbonyl (C=O) groups is 1. The van der Waals surface area contributed by atoms with Gasteiger partial charge in [0.05, 0.1) is 0 Å². The van der Waals surface area contributed by atoms with E-state index in [0.29, 0.717) is 6.42 Å². The zero-order valence-corrected chi connectivity index (χ0v) is 10.3. The second-order valence-electron chi connectivity index (χ2n) is 5.22. The number of hydrogen-bond acceptors (Lipinski definition) is 2. The van der Waals surface area contributed by atoms with Crippen molar-refractivity contribution < 1.29 is 4.79 Å². The molecule has 0 aliphatic carbocycles. The summed E-state index contributed by atoms with van der Waals surface area (Å²) in [5, 5.41) is 0. The minimum absolute atomic E-state index is 0.000689. The van der Waals surface area contributed by atoms with E-state index in [1.165, 1.54) is 0 Å². The van der Waals surface area contributed by atoms with Gasteiger partial charge in [0, 0.05) is 24.5 Å². The Morgan fingerprint density at radius 3 is 2.80 bits per heavy atom. The minimum Gasteiger partial charge on any atom is -0.336 e. The second-order valence-corrected chi connectivity index (χ2v) is 5.22. The summed E-state index contributed by atoms with van der Waals surface area (Å²) in [4.78, 5) is 14.0. The van der Waals surface area contributed by atoms with Gasteiger partial charge in [-0.3, -0.25) is 4.79 Å². The van der Waals surface area contributed by atoms with Gasteiger partial charge in [0.15, 0.2) is 0 Å². The van der Waals surface area contributed by atoms with Crippen LogP contribution in [0.4, 0.5) is 0 Å². The van der Waals surface area contributed by atoms with E-state index < -0.39 is 0 Å². The number of likely N-dealkylation sites (tertiary alicyclic amines) is 1. The third-order valence-corrected chi connectivity index (χ3v) is 3.32. The van der Waals surface area contributed by atoms with Crippen LogP contribution in [-0.2, 0) is 4.79 Å². The van der Waals surface area contributed by atoms with Gasteiger partial charge in [-0.05, 0) is 33.1 Å². The Bertz CT molecular complexity index is 226. The summed E-state index contributed by atoms with van der Waals surface area (Å²) >= 11 is 0. The largest absolute Gasteiger partial charge is 0.336 e. The maximum Gasteiger partial charge on any atom is 0.223 e. The fraction of sp³-hybridized carbons (Fsp3) is 0.917. The molecule has 0 aromatic rings. The van der Waals surface area contributed by atoms with E-state index in [1.54, 1.807) is 0 Å². The molecule has 1 aliphatic rings. The van der Waals surface area contributed by atoms with Gasteiger partial charge in [0.2, 0.25) is 5.91 Å². The number of piperidine rings is 1. The highest BCUT2D eigenvalue weighted by Gasteiger charge is 2.35. The SMILES string of the molecule is CCCCC(=O)N1CC(N)CCC1(C)C. The number of rotatable bonds is 3. The molecule has 0 radical (unpaired) electrons. The zero-order chi connectivity index (χ0) is 11.5. The number of nitrogens with two attached hydrogens (primary N) is 1. The molecule has 1 amide bonds. The van der Waals surface area contributed by atoms with E-state index in [-0.39, 0.29) is 17.5 Å². The van der Waals surface area contributed by atoms with Gasteiger partial charge >= 0.3 is 0 Å². The molecule has 0 spiro atoms. The van der Waals surface area contributed by atoms with Gasteiger partial charge in [-0.2, -0.15) is 0 Å². The van der Waals surface area contributed by atoms with Crippen molar-refractivity contribution in [1.82, 2.24) is 4.90 Å². The van der Waals surface area contributed by atoms with Crippen molar-refractivity contribution >= 4 is 5.91 Å². The Hall–Kier alpha value is -0.570. The molecule has 0 bridgehead atoms. The van der Waals surface area contributed by atoms with E-state index in [1.807, 2.05) is 4.90 Å². The first-order valence-electron chi connectivity index (χ1n) is 6.03. The molecule has 1 atom stereocenters. The molecular formula is C12H24N2O.